The lowest BCUT2D eigenvalue weighted by Crippen LogP contribution is -2.39. The molecule has 5 rings (SSSR count). The summed E-state index contributed by atoms with van der Waals surface area (Å²) in [6.45, 7) is -0.668. The molecule has 4 amide bonds. The van der Waals surface area contributed by atoms with E-state index >= 15 is 0 Å². The molecule has 1 aromatic carbocycles. The van der Waals surface area contributed by atoms with E-state index in [1.54, 1.807) is 0 Å². The highest BCUT2D eigenvalue weighted by Gasteiger charge is 2.59. The Morgan fingerprint density at radius 1 is 1.03 bits per heavy atom. The molecule has 4 atom stereocenters. The van der Waals surface area contributed by atoms with Crippen molar-refractivity contribution in [2.75, 3.05) is 17.2 Å². The van der Waals surface area contributed by atoms with E-state index in [2.05, 4.69) is 10.6 Å². The van der Waals surface area contributed by atoms with E-state index in [4.69, 9.17) is 4.42 Å². The second-order valence-electron chi connectivity index (χ2n) is 8.50. The molecule has 34 heavy (non-hydrogen) atoms. The number of furan rings is 1. The lowest BCUT2D eigenvalue weighted by Gasteiger charge is -2.19. The number of hydrogen-bond acceptors (Lipinski definition) is 5. The normalized spacial score (nSPS) is 25.1. The van der Waals surface area contributed by atoms with Gasteiger partial charge in [-0.25, -0.2) is 0 Å². The Labute approximate surface area is 190 Å². The van der Waals surface area contributed by atoms with E-state index in [1.165, 1.54) is 24.5 Å². The molecule has 3 aliphatic rings. The van der Waals surface area contributed by atoms with Crippen LogP contribution in [-0.4, -0.2) is 35.1 Å². The van der Waals surface area contributed by atoms with Crippen molar-refractivity contribution in [1.29, 1.82) is 0 Å². The highest BCUT2D eigenvalue weighted by atomic mass is 19.4. The van der Waals surface area contributed by atoms with Crippen molar-refractivity contribution >= 4 is 35.0 Å². The number of alkyl halides is 3. The van der Waals surface area contributed by atoms with Crippen molar-refractivity contribution in [3.05, 3.63) is 60.1 Å². The van der Waals surface area contributed by atoms with Crippen LogP contribution in [0.15, 0.2) is 53.2 Å². The molecule has 0 spiro atoms. The smallest absolute Gasteiger partial charge is 0.418 e. The Bertz CT molecular complexity index is 1190. The second-order valence-corrected chi connectivity index (χ2v) is 8.50. The molecular formula is C23H18F3N3O5. The van der Waals surface area contributed by atoms with Crippen molar-refractivity contribution < 1.29 is 36.8 Å². The van der Waals surface area contributed by atoms with Gasteiger partial charge in [0.15, 0.2) is 5.76 Å². The molecule has 1 aromatic heterocycles. The standard InChI is InChI=1S/C23H18F3N3O5/c24-23(25,26)14-9-13(27-20(31)16-2-1-7-34-16)5-6-15(14)28-17(30)10-29-21(32)18-11-3-4-12(8-11)19(18)22(29)33/h1-7,9,11-12,18-19H,8,10H2,(H,27,31)(H,28,30). The lowest BCUT2D eigenvalue weighted by atomic mass is 9.85. The average Bonchev–Trinajstić information content (AvgIpc) is 3.56. The van der Waals surface area contributed by atoms with E-state index in [9.17, 15) is 32.3 Å². The Kier molecular flexibility index (Phi) is 5.07. The number of nitrogens with one attached hydrogen (secondary N) is 2. The number of allylic oxidation sites excluding steroid dienone is 2. The van der Waals surface area contributed by atoms with Crippen molar-refractivity contribution in [2.24, 2.45) is 23.7 Å². The van der Waals surface area contributed by atoms with Gasteiger partial charge in [0.2, 0.25) is 17.7 Å². The van der Waals surface area contributed by atoms with E-state index in [0.29, 0.717) is 6.07 Å². The molecule has 8 nitrogen and oxygen atoms in total. The predicted molar refractivity (Wildman–Crippen MR) is 111 cm³/mol. The van der Waals surface area contributed by atoms with E-state index in [0.717, 1.165) is 17.4 Å². The lowest BCUT2D eigenvalue weighted by molar-refractivity contribution is -0.143. The first kappa shape index (κ1) is 21.9. The average molecular weight is 473 g/mol. The van der Waals surface area contributed by atoms with Crippen LogP contribution in [0.4, 0.5) is 24.5 Å². The van der Waals surface area contributed by atoms with Crippen LogP contribution in [0.5, 0.6) is 0 Å². The van der Waals surface area contributed by atoms with Gasteiger partial charge < -0.3 is 15.1 Å². The number of likely N-dealkylation sites (tertiary alicyclic amines) is 1. The molecule has 2 aliphatic carbocycles. The van der Waals surface area contributed by atoms with Crippen LogP contribution in [-0.2, 0) is 20.6 Å². The topological polar surface area (TPSA) is 109 Å². The van der Waals surface area contributed by atoms with Crippen molar-refractivity contribution in [2.45, 2.75) is 12.6 Å². The van der Waals surface area contributed by atoms with Crippen LogP contribution in [0.2, 0.25) is 0 Å². The number of amides is 4. The first-order valence-electron chi connectivity index (χ1n) is 10.5. The summed E-state index contributed by atoms with van der Waals surface area (Å²) in [5.41, 5.74) is -1.92. The molecule has 2 fully saturated rings. The number of halogens is 3. The minimum absolute atomic E-state index is 0.0414. The number of anilines is 2. The first-order chi connectivity index (χ1) is 16.1. The summed E-state index contributed by atoms with van der Waals surface area (Å²) in [6, 6.07) is 5.66. The van der Waals surface area contributed by atoms with Gasteiger partial charge in [-0.1, -0.05) is 12.2 Å². The van der Waals surface area contributed by atoms with Crippen molar-refractivity contribution in [3.8, 4) is 0 Å². The highest BCUT2D eigenvalue weighted by Crippen LogP contribution is 2.52. The second kappa shape index (κ2) is 7.86. The fourth-order valence-electron chi connectivity index (χ4n) is 5.02. The van der Waals surface area contributed by atoms with Crippen LogP contribution in [0.3, 0.4) is 0 Å². The molecule has 2 aromatic rings. The third-order valence-electron chi connectivity index (χ3n) is 6.47. The summed E-state index contributed by atoms with van der Waals surface area (Å²) in [7, 11) is 0. The fourth-order valence-corrected chi connectivity index (χ4v) is 5.02. The fraction of sp³-hybridized carbons (Fsp3) is 0.304. The molecule has 176 valence electrons. The SMILES string of the molecule is O=C(CN1C(=O)C2C3C=CC(C3)C2C1=O)Nc1ccc(NC(=O)c2ccco2)cc1C(F)(F)F. The van der Waals surface area contributed by atoms with Crippen LogP contribution >= 0.6 is 0 Å². The van der Waals surface area contributed by atoms with Gasteiger partial charge in [0.25, 0.3) is 5.91 Å². The summed E-state index contributed by atoms with van der Waals surface area (Å²) < 4.78 is 45.9. The molecule has 4 unspecified atom stereocenters. The minimum atomic E-state index is -4.85. The summed E-state index contributed by atoms with van der Waals surface area (Å²) in [5.74, 6) is -3.77. The van der Waals surface area contributed by atoms with Gasteiger partial charge in [0, 0.05) is 5.69 Å². The van der Waals surface area contributed by atoms with E-state index in [1.807, 2.05) is 12.2 Å². The number of nitrogens with zero attached hydrogens (tertiary/aromatic N) is 1. The monoisotopic (exact) mass is 473 g/mol. The zero-order valence-electron chi connectivity index (χ0n) is 17.5. The highest BCUT2D eigenvalue weighted by molar-refractivity contribution is 6.09. The third kappa shape index (κ3) is 3.66. The Morgan fingerprint density at radius 3 is 2.29 bits per heavy atom. The number of hydrogen-bond donors (Lipinski definition) is 2. The molecule has 2 bridgehead atoms. The maximum absolute atomic E-state index is 13.7. The molecule has 11 heteroatoms. The van der Waals surface area contributed by atoms with Crippen LogP contribution in [0, 0.1) is 23.7 Å². The molecule has 1 aliphatic heterocycles. The van der Waals surface area contributed by atoms with Crippen LogP contribution in [0.25, 0.3) is 0 Å². The minimum Gasteiger partial charge on any atom is -0.459 e. The van der Waals surface area contributed by atoms with E-state index < -0.39 is 59.4 Å². The van der Waals surface area contributed by atoms with Gasteiger partial charge in [-0.2, -0.15) is 13.2 Å². The molecule has 2 heterocycles. The summed E-state index contributed by atoms with van der Waals surface area (Å²) in [5, 5.41) is 4.44. The van der Waals surface area contributed by atoms with Gasteiger partial charge in [-0.3, -0.25) is 24.1 Å². The first-order valence-corrected chi connectivity index (χ1v) is 10.5. The molecule has 1 saturated heterocycles. The number of benzene rings is 1. The maximum atomic E-state index is 13.7. The Hall–Kier alpha value is -3.89. The van der Waals surface area contributed by atoms with Gasteiger partial charge in [-0.05, 0) is 48.6 Å². The number of fused-ring (bicyclic) bond motifs is 5. The predicted octanol–water partition coefficient (Wildman–Crippen LogP) is 3.30. The summed E-state index contributed by atoms with van der Waals surface area (Å²) in [4.78, 5) is 50.8. The molecule has 2 N–H and O–H groups in total. The number of carbonyl (C=O) groups excluding carboxylic acids is 4. The molecule has 0 radical (unpaired) electrons. The maximum Gasteiger partial charge on any atom is 0.418 e. The third-order valence-corrected chi connectivity index (χ3v) is 6.47. The zero-order valence-corrected chi connectivity index (χ0v) is 17.5. The molecule has 1 saturated carbocycles. The molecular weight excluding hydrogens is 455 g/mol. The van der Waals surface area contributed by atoms with Gasteiger partial charge in [-0.15, -0.1) is 0 Å². The van der Waals surface area contributed by atoms with Gasteiger partial charge in [0.1, 0.15) is 6.54 Å². The van der Waals surface area contributed by atoms with E-state index in [-0.39, 0.29) is 23.3 Å². The van der Waals surface area contributed by atoms with Crippen molar-refractivity contribution in [1.82, 2.24) is 4.90 Å². The van der Waals surface area contributed by atoms with Crippen LogP contribution < -0.4 is 10.6 Å². The number of imide groups is 1. The van der Waals surface area contributed by atoms with Crippen LogP contribution in [0.1, 0.15) is 22.5 Å². The quantitative estimate of drug-likeness (QED) is 0.512. The zero-order chi connectivity index (χ0) is 24.2. The summed E-state index contributed by atoms with van der Waals surface area (Å²) >= 11 is 0. The van der Waals surface area contributed by atoms with Gasteiger partial charge >= 0.3 is 6.18 Å². The Morgan fingerprint density at radius 2 is 1.71 bits per heavy atom. The Balaban J connectivity index is 1.31. The van der Waals surface area contributed by atoms with Gasteiger partial charge in [0.05, 0.1) is 29.3 Å². The summed E-state index contributed by atoms with van der Waals surface area (Å²) in [6.07, 6.45) is 0.934. The van der Waals surface area contributed by atoms with Crippen molar-refractivity contribution in [3.63, 3.8) is 0 Å². The largest absolute Gasteiger partial charge is 0.459 e. The number of carbonyl (C=O) groups is 4. The number of rotatable bonds is 5.